The quantitative estimate of drug-likeness (QED) is 0.779. The lowest BCUT2D eigenvalue weighted by atomic mass is 10.1. The van der Waals surface area contributed by atoms with Gasteiger partial charge in [-0.3, -0.25) is 4.79 Å². The van der Waals surface area contributed by atoms with Crippen LogP contribution in [0, 0.1) is 0 Å². The molecule has 2 heterocycles. The Hall–Kier alpha value is -1.83. The number of nitrogens with one attached hydrogen (secondary N) is 1. The fraction of sp³-hybridized carbons (Fsp3) is 0.750. The van der Waals surface area contributed by atoms with Gasteiger partial charge in [0.15, 0.2) is 6.61 Å². The zero-order valence-electron chi connectivity index (χ0n) is 11.1. The molecule has 8 nitrogen and oxygen atoms in total. The van der Waals surface area contributed by atoms with Crippen molar-refractivity contribution in [1.29, 1.82) is 0 Å². The lowest BCUT2D eigenvalue weighted by Crippen LogP contribution is -2.38. The van der Waals surface area contributed by atoms with E-state index in [0.29, 0.717) is 6.61 Å². The molecule has 1 N–H and O–H groups in total. The molecule has 20 heavy (non-hydrogen) atoms. The number of amides is 3. The highest BCUT2D eigenvalue weighted by Gasteiger charge is 2.30. The number of carbonyl (C=O) groups excluding carboxylic acids is 3. The number of rotatable bonds is 5. The molecule has 0 radical (unpaired) electrons. The van der Waals surface area contributed by atoms with Gasteiger partial charge in [-0.2, -0.15) is 0 Å². The van der Waals surface area contributed by atoms with E-state index in [1.165, 1.54) is 0 Å². The molecule has 2 fully saturated rings. The van der Waals surface area contributed by atoms with Gasteiger partial charge in [0, 0.05) is 19.7 Å². The molecule has 0 spiro atoms. The van der Waals surface area contributed by atoms with E-state index in [0.717, 1.165) is 24.2 Å². The fourth-order valence-corrected chi connectivity index (χ4v) is 2.03. The van der Waals surface area contributed by atoms with Crippen molar-refractivity contribution >= 4 is 18.1 Å². The summed E-state index contributed by atoms with van der Waals surface area (Å²) >= 11 is 0. The average molecular weight is 286 g/mol. The van der Waals surface area contributed by atoms with Crippen molar-refractivity contribution in [2.75, 3.05) is 32.9 Å². The zero-order chi connectivity index (χ0) is 14.4. The van der Waals surface area contributed by atoms with Crippen molar-refractivity contribution in [1.82, 2.24) is 10.2 Å². The summed E-state index contributed by atoms with van der Waals surface area (Å²) in [6.07, 6.45) is 1.71. The van der Waals surface area contributed by atoms with Gasteiger partial charge in [-0.15, -0.1) is 0 Å². The van der Waals surface area contributed by atoms with Gasteiger partial charge < -0.3 is 19.5 Å². The average Bonchev–Trinajstić information content (AvgIpc) is 2.78. The maximum absolute atomic E-state index is 11.4. The van der Waals surface area contributed by atoms with Crippen molar-refractivity contribution in [2.24, 2.45) is 0 Å². The second-order valence-corrected chi connectivity index (χ2v) is 4.61. The summed E-state index contributed by atoms with van der Waals surface area (Å²) in [6, 6.07) is 0. The number of hydrogen-bond donors (Lipinski definition) is 1. The first-order valence-electron chi connectivity index (χ1n) is 6.66. The number of imide groups is 1. The number of alkyl carbamates (subject to hydrolysis) is 1. The fourth-order valence-electron chi connectivity index (χ4n) is 2.03. The topological polar surface area (TPSA) is 94.2 Å². The minimum Gasteiger partial charge on any atom is -0.447 e. The summed E-state index contributed by atoms with van der Waals surface area (Å²) in [5.41, 5.74) is 0. The number of ether oxygens (including phenoxy) is 3. The van der Waals surface area contributed by atoms with Crippen molar-refractivity contribution in [2.45, 2.75) is 25.4 Å². The van der Waals surface area contributed by atoms with Crippen LogP contribution < -0.4 is 5.32 Å². The standard InChI is InChI=1S/C12H18N2O6/c15-10-8-20-12(17)14(10)5-4-13-11(16)19-7-9-3-1-2-6-18-9/h9H,1-8H2,(H,13,16)/t9-/m0/s1. The number of nitrogens with zero attached hydrogens (tertiary/aromatic N) is 1. The van der Waals surface area contributed by atoms with Crippen molar-refractivity contribution < 1.29 is 28.6 Å². The Morgan fingerprint density at radius 3 is 2.90 bits per heavy atom. The van der Waals surface area contributed by atoms with Crippen LogP contribution in [0.25, 0.3) is 0 Å². The van der Waals surface area contributed by atoms with Crippen LogP contribution in [-0.2, 0) is 19.0 Å². The Labute approximate surface area is 116 Å². The van der Waals surface area contributed by atoms with E-state index in [1.807, 2.05) is 0 Å². The van der Waals surface area contributed by atoms with E-state index in [4.69, 9.17) is 9.47 Å². The van der Waals surface area contributed by atoms with Gasteiger partial charge in [0.25, 0.3) is 5.91 Å². The van der Waals surface area contributed by atoms with Gasteiger partial charge in [-0.1, -0.05) is 0 Å². The van der Waals surface area contributed by atoms with Crippen molar-refractivity contribution in [3.8, 4) is 0 Å². The molecule has 0 aromatic heterocycles. The van der Waals surface area contributed by atoms with E-state index in [1.54, 1.807) is 0 Å². The third kappa shape index (κ3) is 4.09. The highest BCUT2D eigenvalue weighted by atomic mass is 16.6. The van der Waals surface area contributed by atoms with E-state index < -0.39 is 18.1 Å². The third-order valence-corrected chi connectivity index (χ3v) is 3.12. The van der Waals surface area contributed by atoms with Gasteiger partial charge in [0.1, 0.15) is 6.61 Å². The highest BCUT2D eigenvalue weighted by molar-refractivity contribution is 5.97. The van der Waals surface area contributed by atoms with Gasteiger partial charge in [0.2, 0.25) is 0 Å². The van der Waals surface area contributed by atoms with Crippen LogP contribution in [0.1, 0.15) is 19.3 Å². The SMILES string of the molecule is O=C(NCCN1C(=O)COC1=O)OC[C@@H]1CCCCO1. The predicted molar refractivity (Wildman–Crippen MR) is 66.0 cm³/mol. The van der Waals surface area contributed by atoms with Crippen molar-refractivity contribution in [3.05, 3.63) is 0 Å². The largest absolute Gasteiger partial charge is 0.447 e. The van der Waals surface area contributed by atoms with E-state index in [-0.39, 0.29) is 32.4 Å². The summed E-state index contributed by atoms with van der Waals surface area (Å²) in [5, 5.41) is 2.47. The van der Waals surface area contributed by atoms with E-state index in [2.05, 4.69) is 10.1 Å². The van der Waals surface area contributed by atoms with Crippen LogP contribution >= 0.6 is 0 Å². The summed E-state index contributed by atoms with van der Waals surface area (Å²) < 4.78 is 15.0. The minimum atomic E-state index is -0.680. The maximum Gasteiger partial charge on any atom is 0.417 e. The molecule has 2 aliphatic heterocycles. The Kier molecular flexibility index (Phi) is 5.16. The Bertz CT molecular complexity index is 364. The van der Waals surface area contributed by atoms with Crippen LogP contribution in [0.15, 0.2) is 0 Å². The summed E-state index contributed by atoms with van der Waals surface area (Å²) in [7, 11) is 0. The Balaban J connectivity index is 1.58. The molecule has 0 saturated carbocycles. The van der Waals surface area contributed by atoms with E-state index >= 15 is 0 Å². The smallest absolute Gasteiger partial charge is 0.417 e. The van der Waals surface area contributed by atoms with Crippen LogP contribution in [0.4, 0.5) is 9.59 Å². The molecule has 112 valence electrons. The van der Waals surface area contributed by atoms with Gasteiger partial charge in [-0.25, -0.2) is 14.5 Å². The molecule has 0 aromatic rings. The molecule has 0 aliphatic carbocycles. The van der Waals surface area contributed by atoms with Crippen LogP contribution in [0.2, 0.25) is 0 Å². The lowest BCUT2D eigenvalue weighted by Gasteiger charge is -2.22. The van der Waals surface area contributed by atoms with E-state index in [9.17, 15) is 14.4 Å². The van der Waals surface area contributed by atoms with Gasteiger partial charge in [0.05, 0.1) is 6.10 Å². The summed E-state index contributed by atoms with van der Waals surface area (Å²) in [6.45, 7) is 0.894. The molecule has 0 bridgehead atoms. The number of hydrogen-bond acceptors (Lipinski definition) is 6. The molecule has 2 saturated heterocycles. The Morgan fingerprint density at radius 2 is 2.25 bits per heavy atom. The first-order valence-corrected chi connectivity index (χ1v) is 6.66. The van der Waals surface area contributed by atoms with Gasteiger partial charge in [-0.05, 0) is 19.3 Å². The second kappa shape index (κ2) is 7.09. The van der Waals surface area contributed by atoms with Crippen molar-refractivity contribution in [3.63, 3.8) is 0 Å². The molecule has 3 amide bonds. The predicted octanol–water partition coefficient (Wildman–Crippen LogP) is 0.260. The van der Waals surface area contributed by atoms with Gasteiger partial charge >= 0.3 is 12.2 Å². The number of carbonyl (C=O) groups is 3. The lowest BCUT2D eigenvalue weighted by molar-refractivity contribution is -0.125. The van der Waals surface area contributed by atoms with Crippen LogP contribution in [0.3, 0.4) is 0 Å². The number of cyclic esters (lactones) is 1. The maximum atomic E-state index is 11.4. The zero-order valence-corrected chi connectivity index (χ0v) is 11.1. The summed E-state index contributed by atoms with van der Waals surface area (Å²) in [4.78, 5) is 34.7. The highest BCUT2D eigenvalue weighted by Crippen LogP contribution is 2.12. The first-order chi connectivity index (χ1) is 9.66. The second-order valence-electron chi connectivity index (χ2n) is 4.61. The molecule has 0 aromatic carbocycles. The van der Waals surface area contributed by atoms with Crippen LogP contribution in [0.5, 0.6) is 0 Å². The monoisotopic (exact) mass is 286 g/mol. The summed E-state index contributed by atoms with van der Waals surface area (Å²) in [5.74, 6) is -0.402. The Morgan fingerprint density at radius 1 is 1.40 bits per heavy atom. The molecule has 8 heteroatoms. The molecule has 2 aliphatic rings. The van der Waals surface area contributed by atoms with Crippen LogP contribution in [-0.4, -0.2) is 62.0 Å². The molecule has 0 unspecified atom stereocenters. The minimum absolute atomic E-state index is 0.0374. The first kappa shape index (κ1) is 14.6. The molecule has 1 atom stereocenters. The third-order valence-electron chi connectivity index (χ3n) is 3.12. The normalized spacial score (nSPS) is 22.6. The molecular formula is C12H18N2O6. The molecular weight excluding hydrogens is 268 g/mol. The molecule has 2 rings (SSSR count).